The third-order valence-corrected chi connectivity index (χ3v) is 9.46. The first-order valence-corrected chi connectivity index (χ1v) is 15.9. The maximum Gasteiger partial charge on any atom is 0.263 e. The van der Waals surface area contributed by atoms with E-state index < -0.39 is 33.0 Å². The number of aliphatic hydroxyl groups is 1. The Kier molecular flexibility index (Phi) is 8.61. The molecule has 0 unspecified atom stereocenters. The van der Waals surface area contributed by atoms with E-state index in [-0.39, 0.29) is 32.9 Å². The van der Waals surface area contributed by atoms with Crippen molar-refractivity contribution in [3.05, 3.63) is 95.0 Å². The molecule has 11 nitrogen and oxygen atoms in total. The molecule has 0 aliphatic rings. The van der Waals surface area contributed by atoms with Crippen LogP contribution in [0.2, 0.25) is 10.0 Å². The van der Waals surface area contributed by atoms with Gasteiger partial charge in [0.2, 0.25) is 0 Å². The molecular weight excluding hydrogens is 661 g/mol. The summed E-state index contributed by atoms with van der Waals surface area (Å²) in [7, 11) is -2.49. The van der Waals surface area contributed by atoms with Gasteiger partial charge in [-0.25, -0.2) is 37.1 Å². The van der Waals surface area contributed by atoms with Crippen molar-refractivity contribution >= 4 is 78.2 Å². The summed E-state index contributed by atoms with van der Waals surface area (Å²) in [6.45, 7) is 0.701. The summed E-state index contributed by atoms with van der Waals surface area (Å²) in [6.07, 6.45) is 3.42. The predicted molar refractivity (Wildman–Crippen MR) is 174 cm³/mol. The van der Waals surface area contributed by atoms with Gasteiger partial charge < -0.3 is 15.3 Å². The lowest BCUT2D eigenvalue weighted by atomic mass is 10.2. The van der Waals surface area contributed by atoms with Gasteiger partial charge in [0.25, 0.3) is 10.0 Å². The second-order valence-corrected chi connectivity index (χ2v) is 12.5. The molecule has 0 saturated heterocycles. The number of hydrogen-bond donors (Lipinski definition) is 3. The van der Waals surface area contributed by atoms with E-state index in [0.717, 1.165) is 28.9 Å². The van der Waals surface area contributed by atoms with Crippen molar-refractivity contribution in [2.24, 2.45) is 0 Å². The molecule has 0 aliphatic heterocycles. The summed E-state index contributed by atoms with van der Waals surface area (Å²) in [6, 6.07) is 14.9. The maximum absolute atomic E-state index is 15.7. The first-order valence-electron chi connectivity index (χ1n) is 13.7. The Morgan fingerprint density at radius 1 is 0.978 bits per heavy atom. The van der Waals surface area contributed by atoms with Gasteiger partial charge >= 0.3 is 0 Å². The van der Waals surface area contributed by atoms with E-state index in [2.05, 4.69) is 25.0 Å². The molecule has 236 valence electrons. The van der Waals surface area contributed by atoms with E-state index in [1.807, 2.05) is 30.1 Å². The highest BCUT2D eigenvalue weighted by atomic mass is 35.5. The molecule has 0 spiro atoms. The average molecular weight is 686 g/mol. The molecule has 0 aliphatic carbocycles. The fraction of sp³-hybridized carbons (Fsp3) is 0.133. The molecule has 0 radical (unpaired) electrons. The summed E-state index contributed by atoms with van der Waals surface area (Å²) < 4.78 is 60.7. The van der Waals surface area contributed by atoms with Crippen molar-refractivity contribution in [3.8, 4) is 5.82 Å². The number of imidazole rings is 1. The summed E-state index contributed by atoms with van der Waals surface area (Å²) >= 11 is 12.0. The highest BCUT2D eigenvalue weighted by Crippen LogP contribution is 2.34. The minimum atomic E-state index is -4.41. The molecule has 3 aromatic heterocycles. The van der Waals surface area contributed by atoms with Crippen molar-refractivity contribution in [3.63, 3.8) is 0 Å². The molecule has 3 heterocycles. The van der Waals surface area contributed by atoms with E-state index in [0.29, 0.717) is 24.3 Å². The van der Waals surface area contributed by atoms with Gasteiger partial charge in [0, 0.05) is 20.2 Å². The molecule has 0 fully saturated rings. The molecule has 3 aromatic carbocycles. The van der Waals surface area contributed by atoms with Gasteiger partial charge in [-0.1, -0.05) is 35.3 Å². The van der Waals surface area contributed by atoms with Crippen LogP contribution >= 0.6 is 23.2 Å². The number of aromatic nitrogens is 5. The van der Waals surface area contributed by atoms with Gasteiger partial charge in [0.05, 0.1) is 32.5 Å². The van der Waals surface area contributed by atoms with E-state index >= 15 is 8.78 Å². The number of sulfonamides is 1. The zero-order valence-electron chi connectivity index (χ0n) is 23.9. The zero-order valence-corrected chi connectivity index (χ0v) is 26.2. The molecule has 0 saturated carbocycles. The second kappa shape index (κ2) is 12.6. The lowest BCUT2D eigenvalue weighted by Gasteiger charge is -2.19. The number of fused-ring (bicyclic) bond motifs is 2. The van der Waals surface area contributed by atoms with Crippen LogP contribution in [0.25, 0.3) is 27.9 Å². The molecule has 16 heteroatoms. The van der Waals surface area contributed by atoms with Gasteiger partial charge in [-0.3, -0.25) is 9.29 Å². The van der Waals surface area contributed by atoms with Crippen molar-refractivity contribution in [1.29, 1.82) is 0 Å². The van der Waals surface area contributed by atoms with E-state index in [9.17, 15) is 13.5 Å². The van der Waals surface area contributed by atoms with E-state index in [1.54, 1.807) is 23.0 Å². The zero-order chi connectivity index (χ0) is 32.6. The van der Waals surface area contributed by atoms with Gasteiger partial charge in [0.15, 0.2) is 11.6 Å². The quantitative estimate of drug-likeness (QED) is 0.151. The van der Waals surface area contributed by atoms with Crippen molar-refractivity contribution in [2.75, 3.05) is 35.1 Å². The maximum atomic E-state index is 15.7. The Balaban J connectivity index is 1.37. The molecule has 0 atom stereocenters. The molecule has 6 aromatic rings. The van der Waals surface area contributed by atoms with E-state index in [1.165, 1.54) is 24.5 Å². The Hall–Kier alpha value is -4.63. The summed E-state index contributed by atoms with van der Waals surface area (Å²) in [5.41, 5.74) is 1.69. The Labute approximate surface area is 271 Å². The number of hydrogen-bond acceptors (Lipinski definition) is 9. The molecular formula is C30H24Cl2F2N8O3S. The summed E-state index contributed by atoms with van der Waals surface area (Å²) in [4.78, 5) is 19.3. The highest BCUT2D eigenvalue weighted by molar-refractivity contribution is 7.92. The van der Waals surface area contributed by atoms with Crippen molar-refractivity contribution in [1.82, 2.24) is 24.5 Å². The van der Waals surface area contributed by atoms with Crippen molar-refractivity contribution in [2.45, 2.75) is 11.3 Å². The highest BCUT2D eigenvalue weighted by Gasteiger charge is 2.24. The van der Waals surface area contributed by atoms with Crippen LogP contribution in [-0.2, 0) is 10.0 Å². The second-order valence-electron chi connectivity index (χ2n) is 10.1. The lowest BCUT2D eigenvalue weighted by molar-refractivity contribution is 0.290. The Bertz CT molecular complexity index is 2220. The molecule has 0 amide bonds. The third-order valence-electron chi connectivity index (χ3n) is 7.12. The van der Waals surface area contributed by atoms with Crippen LogP contribution in [0.1, 0.15) is 6.42 Å². The van der Waals surface area contributed by atoms with Crippen molar-refractivity contribution < 1.29 is 22.3 Å². The molecule has 0 bridgehead atoms. The number of anilines is 4. The summed E-state index contributed by atoms with van der Waals surface area (Å²) in [5, 5.41) is 11.6. The number of aliphatic hydroxyl groups excluding tert-OH is 1. The van der Waals surface area contributed by atoms with E-state index in [4.69, 9.17) is 28.2 Å². The van der Waals surface area contributed by atoms with Gasteiger partial charge in [-0.05, 0) is 55.0 Å². The number of pyridine rings is 1. The number of benzene rings is 3. The lowest BCUT2D eigenvalue weighted by Crippen LogP contribution is -2.19. The van der Waals surface area contributed by atoms with Gasteiger partial charge in [-0.2, -0.15) is 0 Å². The monoisotopic (exact) mass is 684 g/mol. The fourth-order valence-electron chi connectivity index (χ4n) is 4.85. The smallest absolute Gasteiger partial charge is 0.263 e. The number of halogens is 4. The Morgan fingerprint density at radius 3 is 2.59 bits per heavy atom. The van der Waals surface area contributed by atoms with Crippen LogP contribution in [0.4, 0.5) is 31.7 Å². The standard InChI is InChI=1S/C30H24Cl2F2N8O3S/c1-41(13-4-14-43)21-6-3-7-22-29(21)37-16-42(22)24-12-11-20-28(38-24)30(36-15-35-20)39-27-18(33)9-10-19(26(27)34)40-46(44,45)23-8-2-5-17(31)25(23)32/h2-3,5-12,15-16,40,43H,4,13-14H2,1H3,(H,35,36,39). The minimum absolute atomic E-state index is 0.0106. The molecule has 6 rings (SSSR count). The van der Waals surface area contributed by atoms with Crippen LogP contribution in [0.3, 0.4) is 0 Å². The predicted octanol–water partition coefficient (Wildman–Crippen LogP) is 6.31. The average Bonchev–Trinajstić information content (AvgIpc) is 3.48. The third kappa shape index (κ3) is 5.87. The first kappa shape index (κ1) is 31.4. The largest absolute Gasteiger partial charge is 0.396 e. The van der Waals surface area contributed by atoms with Crippen LogP contribution in [0, 0.1) is 11.6 Å². The fourth-order valence-corrected chi connectivity index (χ4v) is 6.68. The van der Waals surface area contributed by atoms with Crippen LogP contribution in [0.15, 0.2) is 78.2 Å². The first-order chi connectivity index (χ1) is 22.1. The van der Waals surface area contributed by atoms with Gasteiger partial charge in [-0.15, -0.1) is 0 Å². The normalized spacial score (nSPS) is 11.7. The number of nitrogens with zero attached hydrogens (tertiary/aromatic N) is 6. The number of rotatable bonds is 10. The van der Waals surface area contributed by atoms with Crippen LogP contribution in [-0.4, -0.2) is 58.2 Å². The SMILES string of the molecule is CN(CCCO)c1cccc2c1ncn2-c1ccc2ncnc(Nc3c(F)ccc(NS(=O)(=O)c4cccc(Cl)c4Cl)c3F)c2n1. The van der Waals surface area contributed by atoms with Gasteiger partial charge in [0.1, 0.15) is 45.9 Å². The topological polar surface area (TPSA) is 138 Å². The molecule has 46 heavy (non-hydrogen) atoms. The Morgan fingerprint density at radius 2 is 1.78 bits per heavy atom. The number of para-hydroxylation sites is 1. The molecule has 3 N–H and O–H groups in total. The summed E-state index contributed by atoms with van der Waals surface area (Å²) in [5.74, 6) is -1.84. The minimum Gasteiger partial charge on any atom is -0.396 e. The number of nitrogens with one attached hydrogen (secondary N) is 2. The van der Waals surface area contributed by atoms with Crippen LogP contribution in [0.5, 0.6) is 0 Å². The van der Waals surface area contributed by atoms with Crippen LogP contribution < -0.4 is 14.9 Å².